The Hall–Kier alpha value is -2.99. The molecule has 7 heteroatoms. The molecule has 6 nitrogen and oxygen atoms in total. The molecule has 1 fully saturated rings. The van der Waals surface area contributed by atoms with E-state index >= 15 is 0 Å². The molecule has 0 radical (unpaired) electrons. The van der Waals surface area contributed by atoms with Crippen molar-refractivity contribution in [1.82, 2.24) is 14.8 Å². The van der Waals surface area contributed by atoms with Gasteiger partial charge in [-0.1, -0.05) is 35.9 Å². The second-order valence-electron chi connectivity index (χ2n) is 7.81. The van der Waals surface area contributed by atoms with Crippen LogP contribution >= 0.6 is 11.6 Å². The zero-order valence-electron chi connectivity index (χ0n) is 17.7. The van der Waals surface area contributed by atoms with Crippen molar-refractivity contribution in [3.63, 3.8) is 0 Å². The van der Waals surface area contributed by atoms with E-state index in [-0.39, 0.29) is 18.4 Å². The molecule has 0 unspecified atom stereocenters. The number of hydrogen-bond donors (Lipinski definition) is 1. The van der Waals surface area contributed by atoms with Crippen LogP contribution < -0.4 is 10.1 Å². The van der Waals surface area contributed by atoms with Crippen LogP contribution in [0.5, 0.6) is 5.75 Å². The van der Waals surface area contributed by atoms with E-state index < -0.39 is 0 Å². The van der Waals surface area contributed by atoms with E-state index in [2.05, 4.69) is 11.4 Å². The summed E-state index contributed by atoms with van der Waals surface area (Å²) in [5.74, 6) is 1.13. The van der Waals surface area contributed by atoms with Gasteiger partial charge < -0.3 is 19.5 Å². The van der Waals surface area contributed by atoms with Crippen molar-refractivity contribution < 1.29 is 14.3 Å². The van der Waals surface area contributed by atoms with Crippen molar-refractivity contribution in [2.75, 3.05) is 27.2 Å². The largest absolute Gasteiger partial charge is 0.496 e. The number of hydrogen-bond acceptors (Lipinski definition) is 3. The number of para-hydroxylation sites is 1. The first-order valence-corrected chi connectivity index (χ1v) is 10.8. The summed E-state index contributed by atoms with van der Waals surface area (Å²) in [5.41, 5.74) is 2.59. The van der Waals surface area contributed by atoms with Crippen molar-refractivity contribution in [1.29, 1.82) is 0 Å². The summed E-state index contributed by atoms with van der Waals surface area (Å²) in [7, 11) is 3.29. The minimum absolute atomic E-state index is 0.0125. The highest BCUT2D eigenvalue weighted by atomic mass is 35.5. The minimum atomic E-state index is -0.131. The normalized spacial score (nSPS) is 14.6. The molecule has 0 spiro atoms. The van der Waals surface area contributed by atoms with Crippen LogP contribution in [0.1, 0.15) is 34.7 Å². The summed E-state index contributed by atoms with van der Waals surface area (Å²) in [6.07, 6.45) is 3.54. The van der Waals surface area contributed by atoms with Gasteiger partial charge in [-0.15, -0.1) is 0 Å². The molecule has 162 valence electrons. The zero-order valence-corrected chi connectivity index (χ0v) is 18.5. The molecule has 0 saturated carbocycles. The Morgan fingerprint density at radius 3 is 2.61 bits per heavy atom. The number of ether oxygens (including phenoxy) is 1. The van der Waals surface area contributed by atoms with Gasteiger partial charge in [0.15, 0.2) is 0 Å². The number of benzene rings is 2. The summed E-state index contributed by atoms with van der Waals surface area (Å²) in [4.78, 5) is 27.2. The van der Waals surface area contributed by atoms with E-state index in [4.69, 9.17) is 16.3 Å². The van der Waals surface area contributed by atoms with E-state index in [1.807, 2.05) is 29.2 Å². The number of likely N-dealkylation sites (tertiary alicyclic amines) is 1. The fourth-order valence-electron chi connectivity index (χ4n) is 4.37. The van der Waals surface area contributed by atoms with E-state index in [1.54, 1.807) is 37.1 Å². The summed E-state index contributed by atoms with van der Waals surface area (Å²) in [6.45, 7) is 1.49. The van der Waals surface area contributed by atoms with Crippen LogP contribution in [0.2, 0.25) is 5.02 Å². The van der Waals surface area contributed by atoms with Crippen molar-refractivity contribution in [2.45, 2.75) is 25.3 Å². The minimum Gasteiger partial charge on any atom is -0.496 e. The molecule has 0 bridgehead atoms. The highest BCUT2D eigenvalue weighted by Gasteiger charge is 2.28. The van der Waals surface area contributed by atoms with E-state index in [9.17, 15) is 9.59 Å². The molecule has 3 aromatic rings. The molecular weight excluding hydrogens is 414 g/mol. The van der Waals surface area contributed by atoms with Gasteiger partial charge in [0, 0.05) is 36.7 Å². The average Bonchev–Trinajstić information content (AvgIpc) is 3.15. The standard InChI is InChI=1S/C24H26ClN3O3/c1-26-23(29)15-28-14-20(19-8-7-17(25)13-21(19)28)24(30)27-11-9-16(10-12-27)18-5-3-4-6-22(18)31-2/h3-8,13-14,16H,9-12,15H2,1-2H3,(H,26,29). The lowest BCUT2D eigenvalue weighted by Gasteiger charge is -2.32. The van der Waals surface area contributed by atoms with Gasteiger partial charge in [-0.2, -0.15) is 0 Å². The lowest BCUT2D eigenvalue weighted by Crippen LogP contribution is -2.38. The molecule has 1 aliphatic heterocycles. The lowest BCUT2D eigenvalue weighted by molar-refractivity contribution is -0.121. The molecule has 1 aliphatic rings. The predicted octanol–water partition coefficient (Wildman–Crippen LogP) is 4.07. The number of carbonyl (C=O) groups excluding carboxylic acids is 2. The second-order valence-corrected chi connectivity index (χ2v) is 8.25. The third-order valence-electron chi connectivity index (χ3n) is 6.03. The van der Waals surface area contributed by atoms with Gasteiger partial charge >= 0.3 is 0 Å². The first-order chi connectivity index (χ1) is 15.0. The summed E-state index contributed by atoms with van der Waals surface area (Å²) >= 11 is 6.18. The second kappa shape index (κ2) is 9.02. The Labute approximate surface area is 186 Å². The number of nitrogens with zero attached hydrogens (tertiary/aromatic N) is 2. The molecule has 0 atom stereocenters. The first-order valence-electron chi connectivity index (χ1n) is 10.4. The van der Waals surface area contributed by atoms with Gasteiger partial charge in [0.2, 0.25) is 5.91 Å². The molecule has 1 N–H and O–H groups in total. The summed E-state index contributed by atoms with van der Waals surface area (Å²) in [6, 6.07) is 13.5. The molecule has 31 heavy (non-hydrogen) atoms. The zero-order chi connectivity index (χ0) is 22.0. The van der Waals surface area contributed by atoms with Crippen LogP contribution in [0.25, 0.3) is 10.9 Å². The van der Waals surface area contributed by atoms with Crippen LogP contribution in [0.4, 0.5) is 0 Å². The van der Waals surface area contributed by atoms with Gasteiger partial charge in [0.05, 0.1) is 18.2 Å². The number of rotatable bonds is 5. The van der Waals surface area contributed by atoms with Crippen LogP contribution in [0.15, 0.2) is 48.7 Å². The van der Waals surface area contributed by atoms with Crippen LogP contribution in [-0.2, 0) is 11.3 Å². The van der Waals surface area contributed by atoms with Crippen molar-refractivity contribution in [2.24, 2.45) is 0 Å². The Morgan fingerprint density at radius 2 is 1.90 bits per heavy atom. The number of likely N-dealkylation sites (N-methyl/N-ethyl adjacent to an activating group) is 1. The van der Waals surface area contributed by atoms with Gasteiger partial charge in [-0.3, -0.25) is 9.59 Å². The van der Waals surface area contributed by atoms with Crippen LogP contribution in [0.3, 0.4) is 0 Å². The lowest BCUT2D eigenvalue weighted by atomic mass is 9.88. The topological polar surface area (TPSA) is 63.6 Å². The van der Waals surface area contributed by atoms with Gasteiger partial charge in [-0.05, 0) is 42.5 Å². The molecule has 1 aromatic heterocycles. The molecular formula is C24H26ClN3O3. The number of fused-ring (bicyclic) bond motifs is 1. The van der Waals surface area contributed by atoms with Crippen LogP contribution in [0, 0.1) is 0 Å². The maximum atomic E-state index is 13.4. The fourth-order valence-corrected chi connectivity index (χ4v) is 4.53. The fraction of sp³-hybridized carbons (Fsp3) is 0.333. The van der Waals surface area contributed by atoms with E-state index in [0.29, 0.717) is 29.6 Å². The SMILES string of the molecule is CNC(=O)Cn1cc(C(=O)N2CCC(c3ccccc3OC)CC2)c2ccc(Cl)cc21. The number of amides is 2. The smallest absolute Gasteiger partial charge is 0.256 e. The van der Waals surface area contributed by atoms with Crippen molar-refractivity contribution in [3.8, 4) is 5.75 Å². The number of carbonyl (C=O) groups is 2. The highest BCUT2D eigenvalue weighted by Crippen LogP contribution is 2.35. The first kappa shape index (κ1) is 21.2. The molecule has 1 saturated heterocycles. The quantitative estimate of drug-likeness (QED) is 0.651. The van der Waals surface area contributed by atoms with E-state index in [0.717, 1.165) is 29.5 Å². The molecule has 2 aromatic carbocycles. The number of aromatic nitrogens is 1. The summed E-state index contributed by atoms with van der Waals surface area (Å²) in [5, 5.41) is 4.01. The van der Waals surface area contributed by atoms with Gasteiger partial charge in [-0.25, -0.2) is 0 Å². The Balaban J connectivity index is 1.56. The third-order valence-corrected chi connectivity index (χ3v) is 6.26. The average molecular weight is 440 g/mol. The molecule has 2 amide bonds. The maximum absolute atomic E-state index is 13.4. The predicted molar refractivity (Wildman–Crippen MR) is 122 cm³/mol. The van der Waals surface area contributed by atoms with Crippen molar-refractivity contribution >= 4 is 34.3 Å². The summed E-state index contributed by atoms with van der Waals surface area (Å²) < 4.78 is 7.30. The van der Waals surface area contributed by atoms with E-state index in [1.165, 1.54) is 5.56 Å². The van der Waals surface area contributed by atoms with Gasteiger partial charge in [0.25, 0.3) is 5.91 Å². The Bertz CT molecular complexity index is 1120. The number of methoxy groups -OCH3 is 1. The van der Waals surface area contributed by atoms with Gasteiger partial charge in [0.1, 0.15) is 12.3 Å². The maximum Gasteiger partial charge on any atom is 0.256 e. The Kier molecular flexibility index (Phi) is 6.18. The molecule has 4 rings (SSSR count). The molecule has 0 aliphatic carbocycles. The van der Waals surface area contributed by atoms with Crippen molar-refractivity contribution in [3.05, 3.63) is 64.8 Å². The molecule has 2 heterocycles. The third kappa shape index (κ3) is 4.26. The monoisotopic (exact) mass is 439 g/mol. The number of piperidine rings is 1. The Morgan fingerprint density at radius 1 is 1.16 bits per heavy atom. The number of halogens is 1. The van der Waals surface area contributed by atoms with Crippen LogP contribution in [-0.4, -0.2) is 48.5 Å². The highest BCUT2D eigenvalue weighted by molar-refractivity contribution is 6.31. The number of nitrogens with one attached hydrogen (secondary N) is 1.